The molecular formula is C32H58O6. The molecule has 0 saturated heterocycles. The first kappa shape index (κ1) is 34.4. The van der Waals surface area contributed by atoms with E-state index < -0.39 is 0 Å². The van der Waals surface area contributed by atoms with Crippen LogP contribution in [-0.2, 0) is 28.6 Å². The van der Waals surface area contributed by atoms with Gasteiger partial charge in [-0.25, -0.2) is 0 Å². The van der Waals surface area contributed by atoms with E-state index in [0.717, 1.165) is 77.0 Å². The van der Waals surface area contributed by atoms with E-state index in [1.165, 1.54) is 38.5 Å². The zero-order valence-electron chi connectivity index (χ0n) is 24.9. The molecular weight excluding hydrogens is 480 g/mol. The molecule has 0 aliphatic heterocycles. The van der Waals surface area contributed by atoms with Crippen molar-refractivity contribution in [2.75, 3.05) is 13.2 Å². The van der Waals surface area contributed by atoms with Crippen LogP contribution in [0.15, 0.2) is 0 Å². The van der Waals surface area contributed by atoms with Crippen molar-refractivity contribution in [3.8, 4) is 0 Å². The van der Waals surface area contributed by atoms with Crippen molar-refractivity contribution < 1.29 is 28.6 Å². The van der Waals surface area contributed by atoms with Gasteiger partial charge in [-0.2, -0.15) is 0 Å². The van der Waals surface area contributed by atoms with E-state index in [9.17, 15) is 14.4 Å². The molecule has 1 rings (SSSR count). The maximum atomic E-state index is 12.7. The molecule has 222 valence electrons. The number of carbonyl (C=O) groups excluding carboxylic acids is 3. The molecule has 2 atom stereocenters. The Morgan fingerprint density at radius 2 is 0.895 bits per heavy atom. The Hall–Kier alpha value is -1.59. The fraction of sp³-hybridized carbons (Fsp3) is 0.906. The van der Waals surface area contributed by atoms with Crippen LogP contribution in [0.25, 0.3) is 0 Å². The third-order valence-electron chi connectivity index (χ3n) is 7.72. The van der Waals surface area contributed by atoms with Crippen molar-refractivity contribution in [2.24, 2.45) is 11.8 Å². The molecule has 6 nitrogen and oxygen atoms in total. The lowest BCUT2D eigenvalue weighted by atomic mass is 9.79. The maximum absolute atomic E-state index is 12.7. The van der Waals surface area contributed by atoms with Crippen molar-refractivity contribution in [2.45, 2.75) is 162 Å². The largest absolute Gasteiger partial charge is 0.465 e. The van der Waals surface area contributed by atoms with Gasteiger partial charge in [0, 0.05) is 31.1 Å². The second-order valence-electron chi connectivity index (χ2n) is 11.3. The molecule has 1 fully saturated rings. The van der Waals surface area contributed by atoms with E-state index in [1.54, 1.807) is 0 Å². The average molecular weight is 539 g/mol. The molecule has 0 aromatic carbocycles. The van der Waals surface area contributed by atoms with Crippen LogP contribution >= 0.6 is 0 Å². The summed E-state index contributed by atoms with van der Waals surface area (Å²) in [4.78, 5) is 37.4. The quantitative estimate of drug-likeness (QED) is 0.0737. The standard InChI is InChI=1S/C32H58O6/c1-4-7-10-13-16-22-29(33)36-25-27-20-19-21-28(26-37-30(34)23-17-14-11-8-5-2)32(27)38-31(35)24-18-15-12-9-6-3/h27-28,32H,4-26H2,1-3H3. The van der Waals surface area contributed by atoms with Crippen molar-refractivity contribution in [3.05, 3.63) is 0 Å². The summed E-state index contributed by atoms with van der Waals surface area (Å²) in [7, 11) is 0. The van der Waals surface area contributed by atoms with E-state index in [1.807, 2.05) is 0 Å². The molecule has 1 aliphatic rings. The average Bonchev–Trinajstić information content (AvgIpc) is 2.91. The predicted molar refractivity (Wildman–Crippen MR) is 153 cm³/mol. The van der Waals surface area contributed by atoms with Crippen LogP contribution in [0.5, 0.6) is 0 Å². The molecule has 0 aromatic rings. The van der Waals surface area contributed by atoms with Crippen molar-refractivity contribution in [3.63, 3.8) is 0 Å². The van der Waals surface area contributed by atoms with Gasteiger partial charge < -0.3 is 14.2 Å². The van der Waals surface area contributed by atoms with Gasteiger partial charge in [0.1, 0.15) is 6.10 Å². The number of hydrogen-bond acceptors (Lipinski definition) is 6. The second-order valence-corrected chi connectivity index (χ2v) is 11.3. The maximum Gasteiger partial charge on any atom is 0.306 e. The molecule has 38 heavy (non-hydrogen) atoms. The zero-order valence-corrected chi connectivity index (χ0v) is 24.9. The van der Waals surface area contributed by atoms with Crippen molar-refractivity contribution in [1.82, 2.24) is 0 Å². The Morgan fingerprint density at radius 3 is 1.29 bits per heavy atom. The minimum absolute atomic E-state index is 0.0467. The highest BCUT2D eigenvalue weighted by Crippen LogP contribution is 2.33. The summed E-state index contributed by atoms with van der Waals surface area (Å²) in [5, 5.41) is 0. The highest BCUT2D eigenvalue weighted by Gasteiger charge is 2.37. The topological polar surface area (TPSA) is 78.9 Å². The van der Waals surface area contributed by atoms with E-state index in [4.69, 9.17) is 14.2 Å². The van der Waals surface area contributed by atoms with Crippen molar-refractivity contribution in [1.29, 1.82) is 0 Å². The molecule has 0 bridgehead atoms. The van der Waals surface area contributed by atoms with Crippen LogP contribution in [0.4, 0.5) is 0 Å². The van der Waals surface area contributed by atoms with Gasteiger partial charge in [-0.05, 0) is 32.1 Å². The summed E-state index contributed by atoms with van der Waals surface area (Å²) in [6, 6.07) is 0. The molecule has 0 amide bonds. The lowest BCUT2D eigenvalue weighted by molar-refractivity contribution is -0.166. The monoisotopic (exact) mass is 538 g/mol. The zero-order chi connectivity index (χ0) is 27.8. The van der Waals surface area contributed by atoms with Gasteiger partial charge in [0.25, 0.3) is 0 Å². The number of ether oxygens (including phenoxy) is 3. The van der Waals surface area contributed by atoms with Crippen LogP contribution in [0.3, 0.4) is 0 Å². The molecule has 1 aliphatic carbocycles. The summed E-state index contributed by atoms with van der Waals surface area (Å²) in [5.41, 5.74) is 0. The predicted octanol–water partition coefficient (Wildman–Crippen LogP) is 8.48. The van der Waals surface area contributed by atoms with E-state index in [0.29, 0.717) is 19.3 Å². The smallest absolute Gasteiger partial charge is 0.306 e. The van der Waals surface area contributed by atoms with E-state index in [2.05, 4.69) is 20.8 Å². The Labute approximate surface area is 233 Å². The minimum Gasteiger partial charge on any atom is -0.465 e. The SMILES string of the molecule is CCCCCCCC(=O)OCC1CCCC(COC(=O)CCCCCCC)C1OC(=O)CCCCCCC. The normalized spacial score (nSPS) is 19.2. The van der Waals surface area contributed by atoms with Gasteiger partial charge in [-0.1, -0.05) is 104 Å². The fourth-order valence-corrected chi connectivity index (χ4v) is 5.28. The summed E-state index contributed by atoms with van der Waals surface area (Å²) in [6.07, 6.45) is 19.8. The first-order valence-corrected chi connectivity index (χ1v) is 16.0. The highest BCUT2D eigenvalue weighted by atomic mass is 16.6. The van der Waals surface area contributed by atoms with Gasteiger partial charge in [0.2, 0.25) is 0 Å². The number of rotatable bonds is 23. The molecule has 2 unspecified atom stereocenters. The summed E-state index contributed by atoms with van der Waals surface area (Å²) in [6.45, 7) is 7.07. The summed E-state index contributed by atoms with van der Waals surface area (Å²) in [5.74, 6) is -0.615. The minimum atomic E-state index is -0.374. The van der Waals surface area contributed by atoms with Gasteiger partial charge in [0.05, 0.1) is 13.2 Å². The van der Waals surface area contributed by atoms with Crippen LogP contribution in [-0.4, -0.2) is 37.2 Å². The second kappa shape index (κ2) is 23.3. The van der Waals surface area contributed by atoms with Crippen LogP contribution < -0.4 is 0 Å². The highest BCUT2D eigenvalue weighted by molar-refractivity contribution is 5.70. The third-order valence-corrected chi connectivity index (χ3v) is 7.72. The van der Waals surface area contributed by atoms with Gasteiger partial charge in [0.15, 0.2) is 0 Å². The number of unbranched alkanes of at least 4 members (excludes halogenated alkanes) is 12. The summed E-state index contributed by atoms with van der Waals surface area (Å²) >= 11 is 0. The Balaban J connectivity index is 2.60. The first-order valence-electron chi connectivity index (χ1n) is 16.0. The van der Waals surface area contributed by atoms with Crippen LogP contribution in [0, 0.1) is 11.8 Å². The lowest BCUT2D eigenvalue weighted by Gasteiger charge is -2.37. The third kappa shape index (κ3) is 17.1. The van der Waals surface area contributed by atoms with Gasteiger partial charge >= 0.3 is 17.9 Å². The van der Waals surface area contributed by atoms with Crippen LogP contribution in [0.2, 0.25) is 0 Å². The summed E-state index contributed by atoms with van der Waals surface area (Å²) < 4.78 is 17.3. The Bertz CT molecular complexity index is 581. The molecule has 0 spiro atoms. The van der Waals surface area contributed by atoms with Gasteiger partial charge in [-0.3, -0.25) is 14.4 Å². The molecule has 0 radical (unpaired) electrons. The van der Waals surface area contributed by atoms with Crippen molar-refractivity contribution >= 4 is 17.9 Å². The first-order chi connectivity index (χ1) is 18.5. The number of esters is 3. The lowest BCUT2D eigenvalue weighted by Crippen LogP contribution is -2.42. The van der Waals surface area contributed by atoms with Crippen LogP contribution in [0.1, 0.15) is 156 Å². The Morgan fingerprint density at radius 1 is 0.526 bits per heavy atom. The molecule has 0 aromatic heterocycles. The Kier molecular flexibility index (Phi) is 21.1. The van der Waals surface area contributed by atoms with E-state index >= 15 is 0 Å². The number of carbonyl (C=O) groups is 3. The fourth-order valence-electron chi connectivity index (χ4n) is 5.28. The van der Waals surface area contributed by atoms with E-state index in [-0.39, 0.29) is 49.1 Å². The molecule has 0 heterocycles. The molecule has 1 saturated carbocycles. The number of hydrogen-bond donors (Lipinski definition) is 0. The van der Waals surface area contributed by atoms with Gasteiger partial charge in [-0.15, -0.1) is 0 Å². The molecule has 0 N–H and O–H groups in total. The molecule has 6 heteroatoms.